The van der Waals surface area contributed by atoms with Gasteiger partial charge in [-0.2, -0.15) is 4.31 Å². The van der Waals surface area contributed by atoms with Crippen molar-refractivity contribution in [3.63, 3.8) is 0 Å². The number of sulfonamides is 1. The number of aryl methyl sites for hydroxylation is 1. The summed E-state index contributed by atoms with van der Waals surface area (Å²) in [6.07, 6.45) is 10.9. The van der Waals surface area contributed by atoms with Crippen molar-refractivity contribution >= 4 is 16.1 Å². The van der Waals surface area contributed by atoms with E-state index in [1.54, 1.807) is 18.2 Å². The van der Waals surface area contributed by atoms with Crippen molar-refractivity contribution in [2.75, 3.05) is 13.7 Å². The summed E-state index contributed by atoms with van der Waals surface area (Å²) in [5, 5.41) is 0. The largest absolute Gasteiger partial charge is 0.452 e. The maximum Gasteiger partial charge on any atom is 0.423 e. The highest BCUT2D eigenvalue weighted by Crippen LogP contribution is 2.17. The molecule has 0 spiro atoms. The SMILES string of the molecule is CCCCCCCC/C=C/CN(C(=O)OC)S(=O)(=O)c1ccc(C)cc1. The molecule has 1 aromatic carbocycles. The molecule has 0 bridgehead atoms. The van der Waals surface area contributed by atoms with E-state index in [0.29, 0.717) is 0 Å². The van der Waals surface area contributed by atoms with Crippen LogP contribution in [-0.2, 0) is 14.8 Å². The van der Waals surface area contributed by atoms with Crippen molar-refractivity contribution in [1.29, 1.82) is 0 Å². The molecular weight excluding hydrogens is 350 g/mol. The number of amides is 1. The van der Waals surface area contributed by atoms with E-state index in [0.717, 1.165) is 22.7 Å². The van der Waals surface area contributed by atoms with Gasteiger partial charge in [0.05, 0.1) is 18.6 Å². The van der Waals surface area contributed by atoms with Crippen LogP contribution in [0.2, 0.25) is 0 Å². The zero-order valence-corrected chi connectivity index (χ0v) is 16.9. The van der Waals surface area contributed by atoms with Gasteiger partial charge < -0.3 is 4.74 Å². The van der Waals surface area contributed by atoms with Crippen molar-refractivity contribution in [3.05, 3.63) is 42.0 Å². The van der Waals surface area contributed by atoms with E-state index in [2.05, 4.69) is 11.7 Å². The van der Waals surface area contributed by atoms with Gasteiger partial charge in [-0.15, -0.1) is 0 Å². The number of rotatable bonds is 11. The van der Waals surface area contributed by atoms with Gasteiger partial charge in [0.1, 0.15) is 0 Å². The van der Waals surface area contributed by atoms with Crippen LogP contribution in [0.15, 0.2) is 41.3 Å². The Hall–Kier alpha value is -1.82. The number of hydrogen-bond acceptors (Lipinski definition) is 4. The summed E-state index contributed by atoms with van der Waals surface area (Å²) >= 11 is 0. The standard InChI is InChI=1S/C20H31NO4S/c1-4-5-6-7-8-9-10-11-12-17-21(20(22)25-3)26(23,24)19-15-13-18(2)14-16-19/h11-16H,4-10,17H2,1-3H3/b12-11+. The Balaban J connectivity index is 2.63. The predicted octanol–water partition coefficient (Wildman–Crippen LogP) is 5.06. The molecule has 5 nitrogen and oxygen atoms in total. The lowest BCUT2D eigenvalue weighted by atomic mass is 10.1. The molecule has 1 rings (SSSR count). The Morgan fingerprint density at radius 3 is 2.27 bits per heavy atom. The zero-order chi connectivity index (χ0) is 19.4. The highest BCUT2D eigenvalue weighted by Gasteiger charge is 2.29. The van der Waals surface area contributed by atoms with Gasteiger partial charge in [-0.3, -0.25) is 0 Å². The third-order valence-electron chi connectivity index (χ3n) is 4.15. The number of methoxy groups -OCH3 is 1. The summed E-state index contributed by atoms with van der Waals surface area (Å²) in [6.45, 7) is 4.04. The molecule has 0 aromatic heterocycles. The second-order valence-corrected chi connectivity index (χ2v) is 8.21. The van der Waals surface area contributed by atoms with Crippen LogP contribution in [0.5, 0.6) is 0 Å². The third kappa shape index (κ3) is 7.20. The first-order chi connectivity index (χ1) is 12.4. The highest BCUT2D eigenvalue weighted by atomic mass is 32.2. The fourth-order valence-electron chi connectivity index (χ4n) is 2.54. The Kier molecular flexibility index (Phi) is 10.0. The molecule has 0 radical (unpaired) electrons. The molecule has 0 aliphatic heterocycles. The van der Waals surface area contributed by atoms with Crippen molar-refractivity contribution in [2.45, 2.75) is 63.7 Å². The number of allylic oxidation sites excluding steroid dienone is 1. The van der Waals surface area contributed by atoms with E-state index < -0.39 is 16.1 Å². The fourth-order valence-corrected chi connectivity index (χ4v) is 3.83. The molecule has 26 heavy (non-hydrogen) atoms. The lowest BCUT2D eigenvalue weighted by Crippen LogP contribution is -2.37. The van der Waals surface area contributed by atoms with Gasteiger partial charge in [0.25, 0.3) is 10.0 Å². The number of ether oxygens (including phenoxy) is 1. The minimum atomic E-state index is -3.93. The number of carbonyl (C=O) groups excluding carboxylic acids is 1. The number of hydrogen-bond donors (Lipinski definition) is 0. The van der Waals surface area contributed by atoms with Crippen LogP contribution in [0.25, 0.3) is 0 Å². The lowest BCUT2D eigenvalue weighted by molar-refractivity contribution is 0.151. The Morgan fingerprint density at radius 1 is 1.04 bits per heavy atom. The van der Waals surface area contributed by atoms with Crippen LogP contribution >= 0.6 is 0 Å². The Labute approximate surface area is 158 Å². The number of benzene rings is 1. The van der Waals surface area contributed by atoms with E-state index in [4.69, 9.17) is 0 Å². The number of nitrogens with zero attached hydrogens (tertiary/aromatic N) is 1. The smallest absolute Gasteiger partial charge is 0.423 e. The van der Waals surface area contributed by atoms with Gasteiger partial charge in [-0.25, -0.2) is 13.2 Å². The quantitative estimate of drug-likeness (QED) is 0.397. The van der Waals surface area contributed by atoms with Crippen LogP contribution in [0, 0.1) is 6.92 Å². The van der Waals surface area contributed by atoms with Crippen LogP contribution in [0.3, 0.4) is 0 Å². The number of unbranched alkanes of at least 4 members (excludes halogenated alkanes) is 6. The summed E-state index contributed by atoms with van der Waals surface area (Å²) in [5.74, 6) is 0. The molecule has 0 N–H and O–H groups in total. The third-order valence-corrected chi connectivity index (χ3v) is 5.90. The van der Waals surface area contributed by atoms with E-state index in [1.165, 1.54) is 51.3 Å². The molecule has 6 heteroatoms. The average molecular weight is 382 g/mol. The van der Waals surface area contributed by atoms with E-state index >= 15 is 0 Å². The summed E-state index contributed by atoms with van der Waals surface area (Å²) < 4.78 is 30.8. The van der Waals surface area contributed by atoms with Gasteiger partial charge >= 0.3 is 6.09 Å². The average Bonchev–Trinajstić information content (AvgIpc) is 2.63. The van der Waals surface area contributed by atoms with E-state index in [9.17, 15) is 13.2 Å². The second kappa shape index (κ2) is 11.7. The molecule has 0 saturated carbocycles. The first-order valence-corrected chi connectivity index (χ1v) is 10.7. The Morgan fingerprint density at radius 2 is 1.65 bits per heavy atom. The summed E-state index contributed by atoms with van der Waals surface area (Å²) in [4.78, 5) is 12.0. The topological polar surface area (TPSA) is 63.7 Å². The first-order valence-electron chi connectivity index (χ1n) is 9.25. The molecule has 1 amide bonds. The van der Waals surface area contributed by atoms with Gasteiger partial charge in [0.15, 0.2) is 0 Å². The molecule has 0 fully saturated rings. The van der Waals surface area contributed by atoms with Crippen molar-refractivity contribution in [3.8, 4) is 0 Å². The fraction of sp³-hybridized carbons (Fsp3) is 0.550. The van der Waals surface area contributed by atoms with Crippen LogP contribution < -0.4 is 0 Å². The van der Waals surface area contributed by atoms with Gasteiger partial charge in [0.2, 0.25) is 0 Å². The molecule has 0 aliphatic rings. The molecule has 0 unspecified atom stereocenters. The van der Waals surface area contributed by atoms with Gasteiger partial charge in [-0.05, 0) is 31.9 Å². The van der Waals surface area contributed by atoms with Gasteiger partial charge in [0, 0.05) is 0 Å². The maximum absolute atomic E-state index is 12.7. The van der Waals surface area contributed by atoms with E-state index in [1.807, 2.05) is 13.0 Å². The minimum absolute atomic E-state index is 0.0290. The summed E-state index contributed by atoms with van der Waals surface area (Å²) in [6, 6.07) is 6.41. The monoisotopic (exact) mass is 381 g/mol. The summed E-state index contributed by atoms with van der Waals surface area (Å²) in [7, 11) is -2.75. The summed E-state index contributed by atoms with van der Waals surface area (Å²) in [5.41, 5.74) is 0.951. The Bertz CT molecular complexity index is 666. The van der Waals surface area contributed by atoms with Gasteiger partial charge in [-0.1, -0.05) is 68.9 Å². The van der Waals surface area contributed by atoms with Crippen LogP contribution in [0.1, 0.15) is 57.4 Å². The van der Waals surface area contributed by atoms with Crippen molar-refractivity contribution in [1.82, 2.24) is 4.31 Å². The molecule has 0 atom stereocenters. The van der Waals surface area contributed by atoms with Crippen LogP contribution in [0.4, 0.5) is 4.79 Å². The van der Waals surface area contributed by atoms with Crippen molar-refractivity contribution in [2.24, 2.45) is 0 Å². The molecule has 0 heterocycles. The molecule has 1 aromatic rings. The highest BCUT2D eigenvalue weighted by molar-refractivity contribution is 7.89. The second-order valence-electron chi connectivity index (χ2n) is 6.35. The number of carbonyl (C=O) groups is 1. The maximum atomic E-state index is 12.7. The predicted molar refractivity (Wildman–Crippen MR) is 105 cm³/mol. The van der Waals surface area contributed by atoms with Crippen molar-refractivity contribution < 1.29 is 17.9 Å². The lowest BCUT2D eigenvalue weighted by Gasteiger charge is -2.19. The molecule has 0 aliphatic carbocycles. The minimum Gasteiger partial charge on any atom is -0.452 e. The molecule has 0 saturated heterocycles. The van der Waals surface area contributed by atoms with E-state index in [-0.39, 0.29) is 11.4 Å². The molecular formula is C20H31NO4S. The normalized spacial score (nSPS) is 11.7. The first kappa shape index (κ1) is 22.2. The zero-order valence-electron chi connectivity index (χ0n) is 16.1. The molecule has 146 valence electrons. The van der Waals surface area contributed by atoms with Crippen LogP contribution in [-0.4, -0.2) is 32.5 Å².